The Hall–Kier alpha value is -1.76. The van der Waals surface area contributed by atoms with Crippen LogP contribution in [0.1, 0.15) is 6.92 Å². The molecular formula is C7H8O4. The summed E-state index contributed by atoms with van der Waals surface area (Å²) in [6.07, 6.45) is 6.88. The first kappa shape index (κ1) is 12.0. The summed E-state index contributed by atoms with van der Waals surface area (Å²) in [5.41, 5.74) is 0. The zero-order valence-electron chi connectivity index (χ0n) is 5.94. The first-order valence-corrected chi connectivity index (χ1v) is 2.59. The molecule has 0 aromatic carbocycles. The second-order valence-electron chi connectivity index (χ2n) is 1.29. The number of carboxylic acids is 2. The molecule has 2 N–H and O–H groups in total. The number of hydrogen-bond donors (Lipinski definition) is 2. The fraction of sp³-hybridized carbons (Fsp3) is 0.143. The van der Waals surface area contributed by atoms with E-state index in [0.717, 1.165) is 6.08 Å². The Kier molecular flexibility index (Phi) is 8.97. The normalized spacial score (nSPS) is 7.64. The highest BCUT2D eigenvalue weighted by Gasteiger charge is 1.76. The smallest absolute Gasteiger partial charge is 0.381 e. The highest BCUT2D eigenvalue weighted by atomic mass is 16.4. The number of carboxylic acid groups (broad SMARTS) is 2. The van der Waals surface area contributed by atoms with Crippen LogP contribution < -0.4 is 0 Å². The molecule has 0 aliphatic rings. The van der Waals surface area contributed by atoms with Crippen molar-refractivity contribution in [3.63, 3.8) is 0 Å². The van der Waals surface area contributed by atoms with Crippen molar-refractivity contribution in [1.29, 1.82) is 0 Å². The van der Waals surface area contributed by atoms with Crippen LogP contribution in [0.4, 0.5) is 0 Å². The maximum Gasteiger partial charge on any atom is 0.381 e. The number of carbonyl (C=O) groups is 2. The number of rotatable bonds is 1. The molecular weight excluding hydrogens is 148 g/mol. The van der Waals surface area contributed by atoms with Crippen LogP contribution in [-0.2, 0) is 9.59 Å². The molecule has 0 spiro atoms. The van der Waals surface area contributed by atoms with Gasteiger partial charge in [-0.05, 0) is 6.92 Å². The van der Waals surface area contributed by atoms with Crippen molar-refractivity contribution < 1.29 is 19.8 Å². The quantitative estimate of drug-likeness (QED) is 0.424. The predicted octanol–water partition coefficient (Wildman–Crippen LogP) is 0.351. The second kappa shape index (κ2) is 8.24. The third-order valence-electron chi connectivity index (χ3n) is 0.433. The number of hydrogen-bond acceptors (Lipinski definition) is 2. The minimum atomic E-state index is -1.22. The van der Waals surface area contributed by atoms with E-state index in [9.17, 15) is 4.79 Å². The molecule has 0 heterocycles. The second-order valence-corrected chi connectivity index (χ2v) is 1.29. The van der Waals surface area contributed by atoms with E-state index in [-0.39, 0.29) is 0 Å². The van der Waals surface area contributed by atoms with Gasteiger partial charge < -0.3 is 10.2 Å². The average Bonchev–Trinajstić information content (AvgIpc) is 1.89. The molecule has 0 rings (SSSR count). The van der Waals surface area contributed by atoms with Gasteiger partial charge >= 0.3 is 11.9 Å². The van der Waals surface area contributed by atoms with Gasteiger partial charge in [-0.15, -0.1) is 6.42 Å². The van der Waals surface area contributed by atoms with E-state index >= 15 is 0 Å². The van der Waals surface area contributed by atoms with Gasteiger partial charge in [0, 0.05) is 12.0 Å². The Morgan fingerprint density at radius 1 is 1.45 bits per heavy atom. The zero-order valence-corrected chi connectivity index (χ0v) is 5.94. The molecule has 60 valence electrons. The van der Waals surface area contributed by atoms with E-state index in [1.54, 1.807) is 6.92 Å². The minimum Gasteiger partial charge on any atom is -0.478 e. The molecule has 11 heavy (non-hydrogen) atoms. The van der Waals surface area contributed by atoms with Gasteiger partial charge in [-0.2, -0.15) is 0 Å². The van der Waals surface area contributed by atoms with Gasteiger partial charge in [0.2, 0.25) is 0 Å². The van der Waals surface area contributed by atoms with E-state index in [0.29, 0.717) is 0 Å². The van der Waals surface area contributed by atoms with Gasteiger partial charge in [0.25, 0.3) is 0 Å². The van der Waals surface area contributed by atoms with Crippen LogP contribution in [0.3, 0.4) is 0 Å². The van der Waals surface area contributed by atoms with Gasteiger partial charge in [-0.3, -0.25) is 0 Å². The van der Waals surface area contributed by atoms with Crippen LogP contribution in [0.25, 0.3) is 0 Å². The minimum absolute atomic E-state index is 0.891. The topological polar surface area (TPSA) is 74.6 Å². The average molecular weight is 156 g/mol. The maximum atomic E-state index is 9.51. The largest absolute Gasteiger partial charge is 0.478 e. The van der Waals surface area contributed by atoms with Crippen molar-refractivity contribution in [2.24, 2.45) is 0 Å². The number of aliphatic carboxylic acids is 2. The molecule has 0 aliphatic heterocycles. The van der Waals surface area contributed by atoms with Crippen LogP contribution in [0.2, 0.25) is 0 Å². The van der Waals surface area contributed by atoms with Crippen LogP contribution in [0.15, 0.2) is 12.2 Å². The number of allylic oxidation sites excluding steroid dienone is 1. The summed E-state index contributed by atoms with van der Waals surface area (Å²) in [4.78, 5) is 18.6. The van der Waals surface area contributed by atoms with Crippen molar-refractivity contribution in [3.8, 4) is 12.3 Å². The number of terminal acetylenes is 1. The molecule has 0 saturated heterocycles. The van der Waals surface area contributed by atoms with Crippen molar-refractivity contribution in [2.75, 3.05) is 0 Å². The predicted molar refractivity (Wildman–Crippen MR) is 38.9 cm³/mol. The molecule has 0 unspecified atom stereocenters. The Morgan fingerprint density at radius 3 is 1.82 bits per heavy atom. The highest BCUT2D eigenvalue weighted by Crippen LogP contribution is 1.65. The molecule has 0 fully saturated rings. The molecule has 4 heteroatoms. The highest BCUT2D eigenvalue weighted by molar-refractivity contribution is 5.85. The standard InChI is InChI=1S/C4H6O2.C3H2O2/c1-2-3-4(5)6;1-2-3(4)5/h2-3H,1H3,(H,5,6);1H,(H,4,5)/b3-2-;. The Morgan fingerprint density at radius 2 is 1.82 bits per heavy atom. The lowest BCUT2D eigenvalue weighted by atomic mass is 10.5. The lowest BCUT2D eigenvalue weighted by molar-refractivity contribution is -0.132. The van der Waals surface area contributed by atoms with E-state index in [1.165, 1.54) is 12.0 Å². The third-order valence-corrected chi connectivity index (χ3v) is 0.433. The first-order valence-electron chi connectivity index (χ1n) is 2.59. The van der Waals surface area contributed by atoms with Crippen LogP contribution in [-0.4, -0.2) is 22.2 Å². The van der Waals surface area contributed by atoms with Crippen molar-refractivity contribution in [2.45, 2.75) is 6.92 Å². The lowest BCUT2D eigenvalue weighted by Crippen LogP contribution is -1.83. The van der Waals surface area contributed by atoms with Gasteiger partial charge in [-0.1, -0.05) is 6.08 Å². The summed E-state index contributed by atoms with van der Waals surface area (Å²) >= 11 is 0. The summed E-state index contributed by atoms with van der Waals surface area (Å²) in [5, 5.41) is 15.3. The molecule has 0 atom stereocenters. The lowest BCUT2D eigenvalue weighted by Gasteiger charge is -1.68. The summed E-state index contributed by atoms with van der Waals surface area (Å²) in [5.74, 6) is -0.664. The van der Waals surface area contributed by atoms with Crippen LogP contribution in [0.5, 0.6) is 0 Å². The first-order chi connectivity index (χ1) is 5.04. The fourth-order valence-corrected chi connectivity index (χ4v) is 0.143. The van der Waals surface area contributed by atoms with Gasteiger partial charge in [0.15, 0.2) is 0 Å². The zero-order chi connectivity index (χ0) is 9.28. The van der Waals surface area contributed by atoms with Gasteiger partial charge in [0.05, 0.1) is 0 Å². The SMILES string of the molecule is C#CC(=O)O.C/C=C\C(=O)O. The molecule has 0 aromatic rings. The monoisotopic (exact) mass is 156 g/mol. The summed E-state index contributed by atoms with van der Waals surface area (Å²) in [7, 11) is 0. The molecule has 4 nitrogen and oxygen atoms in total. The van der Waals surface area contributed by atoms with E-state index in [2.05, 4.69) is 6.42 Å². The van der Waals surface area contributed by atoms with Crippen molar-refractivity contribution >= 4 is 11.9 Å². The molecule has 0 bridgehead atoms. The molecule has 0 aromatic heterocycles. The molecule has 0 saturated carbocycles. The maximum absolute atomic E-state index is 9.51. The van der Waals surface area contributed by atoms with Gasteiger partial charge in [-0.25, -0.2) is 9.59 Å². The van der Waals surface area contributed by atoms with E-state index in [1.807, 2.05) is 0 Å². The molecule has 0 radical (unpaired) electrons. The van der Waals surface area contributed by atoms with E-state index < -0.39 is 11.9 Å². The summed E-state index contributed by atoms with van der Waals surface area (Å²) < 4.78 is 0. The Balaban J connectivity index is 0. The summed E-state index contributed by atoms with van der Waals surface area (Å²) in [6.45, 7) is 1.66. The summed E-state index contributed by atoms with van der Waals surface area (Å²) in [6, 6.07) is 0. The molecule has 0 amide bonds. The van der Waals surface area contributed by atoms with Gasteiger partial charge in [0.1, 0.15) is 0 Å². The van der Waals surface area contributed by atoms with Crippen LogP contribution >= 0.6 is 0 Å². The van der Waals surface area contributed by atoms with Crippen LogP contribution in [0, 0.1) is 12.3 Å². The van der Waals surface area contributed by atoms with Crippen molar-refractivity contribution in [3.05, 3.63) is 12.2 Å². The third kappa shape index (κ3) is 30.6. The Labute approximate surface area is 64.2 Å². The molecule has 0 aliphatic carbocycles. The van der Waals surface area contributed by atoms with Crippen molar-refractivity contribution in [1.82, 2.24) is 0 Å². The Bertz CT molecular complexity index is 197. The fourth-order valence-electron chi connectivity index (χ4n) is 0.143. The van der Waals surface area contributed by atoms with E-state index in [4.69, 9.17) is 15.0 Å².